The molecule has 0 spiro atoms. The van der Waals surface area contributed by atoms with Gasteiger partial charge in [-0.3, -0.25) is 0 Å². The third kappa shape index (κ3) is 4.41. The predicted octanol–water partition coefficient (Wildman–Crippen LogP) is 3.46. The second-order valence-electron chi connectivity index (χ2n) is 3.56. The molecule has 17 heavy (non-hydrogen) atoms. The number of alkyl halides is 1. The second-order valence-corrected chi connectivity index (χ2v) is 5.12. The van der Waals surface area contributed by atoms with Crippen LogP contribution in [0.5, 0.6) is 0 Å². The lowest BCUT2D eigenvalue weighted by molar-refractivity contribution is -0.157. The van der Waals surface area contributed by atoms with Gasteiger partial charge in [-0.1, -0.05) is 44.0 Å². The SMILES string of the molecule is COC(=O)C(OC(C)CBr)c1cccc(Br)c1. The summed E-state index contributed by atoms with van der Waals surface area (Å²) >= 11 is 6.68. The van der Waals surface area contributed by atoms with E-state index in [1.807, 2.05) is 31.2 Å². The molecule has 0 amide bonds. The maximum atomic E-state index is 11.7. The summed E-state index contributed by atoms with van der Waals surface area (Å²) in [7, 11) is 1.36. The molecule has 3 nitrogen and oxygen atoms in total. The molecule has 0 heterocycles. The zero-order valence-electron chi connectivity index (χ0n) is 9.65. The molecule has 0 aliphatic carbocycles. The van der Waals surface area contributed by atoms with Crippen molar-refractivity contribution in [3.63, 3.8) is 0 Å². The van der Waals surface area contributed by atoms with Gasteiger partial charge in [0.15, 0.2) is 6.10 Å². The molecule has 94 valence electrons. The first-order valence-corrected chi connectivity index (χ1v) is 7.04. The fraction of sp³-hybridized carbons (Fsp3) is 0.417. The first-order valence-electron chi connectivity index (χ1n) is 5.13. The topological polar surface area (TPSA) is 35.5 Å². The molecule has 0 aliphatic heterocycles. The van der Waals surface area contributed by atoms with Crippen LogP contribution in [0.25, 0.3) is 0 Å². The molecule has 5 heteroatoms. The van der Waals surface area contributed by atoms with E-state index in [9.17, 15) is 4.79 Å². The van der Waals surface area contributed by atoms with Crippen molar-refractivity contribution in [3.05, 3.63) is 34.3 Å². The van der Waals surface area contributed by atoms with E-state index in [1.54, 1.807) is 0 Å². The van der Waals surface area contributed by atoms with E-state index in [0.29, 0.717) is 5.33 Å². The van der Waals surface area contributed by atoms with Crippen LogP contribution >= 0.6 is 31.9 Å². The maximum absolute atomic E-state index is 11.7. The molecular weight excluding hydrogens is 352 g/mol. The summed E-state index contributed by atoms with van der Waals surface area (Å²) in [4.78, 5) is 11.7. The second kappa shape index (κ2) is 7.13. The van der Waals surface area contributed by atoms with E-state index in [0.717, 1.165) is 10.0 Å². The van der Waals surface area contributed by atoms with Crippen molar-refractivity contribution in [2.24, 2.45) is 0 Å². The molecule has 2 atom stereocenters. The highest BCUT2D eigenvalue weighted by atomic mass is 79.9. The Balaban J connectivity index is 2.93. The summed E-state index contributed by atoms with van der Waals surface area (Å²) in [5, 5.41) is 0.661. The minimum atomic E-state index is -0.690. The molecule has 0 saturated heterocycles. The van der Waals surface area contributed by atoms with Crippen LogP contribution in [0, 0.1) is 0 Å². The van der Waals surface area contributed by atoms with E-state index in [2.05, 4.69) is 31.9 Å². The van der Waals surface area contributed by atoms with Gasteiger partial charge < -0.3 is 9.47 Å². The van der Waals surface area contributed by atoms with Gasteiger partial charge in [0, 0.05) is 9.80 Å². The summed E-state index contributed by atoms with van der Waals surface area (Å²) in [6, 6.07) is 7.44. The minimum Gasteiger partial charge on any atom is -0.467 e. The average molecular weight is 366 g/mol. The Morgan fingerprint density at radius 3 is 2.71 bits per heavy atom. The van der Waals surface area contributed by atoms with Gasteiger partial charge in [0.2, 0.25) is 0 Å². The largest absolute Gasteiger partial charge is 0.467 e. The number of carbonyl (C=O) groups is 1. The number of rotatable bonds is 5. The molecular formula is C12H14Br2O3. The van der Waals surface area contributed by atoms with E-state index in [-0.39, 0.29) is 6.10 Å². The van der Waals surface area contributed by atoms with Gasteiger partial charge in [-0.15, -0.1) is 0 Å². The quantitative estimate of drug-likeness (QED) is 0.592. The Labute approximate surface area is 118 Å². The van der Waals surface area contributed by atoms with Crippen molar-refractivity contribution < 1.29 is 14.3 Å². The molecule has 1 rings (SSSR count). The summed E-state index contributed by atoms with van der Waals surface area (Å²) in [5.74, 6) is -0.393. The third-order valence-corrected chi connectivity index (χ3v) is 3.56. The van der Waals surface area contributed by atoms with Gasteiger partial charge >= 0.3 is 5.97 Å². The highest BCUT2D eigenvalue weighted by molar-refractivity contribution is 9.10. The van der Waals surface area contributed by atoms with Crippen molar-refractivity contribution in [2.75, 3.05) is 12.4 Å². The van der Waals surface area contributed by atoms with E-state index >= 15 is 0 Å². The Bertz CT molecular complexity index is 382. The number of esters is 1. The smallest absolute Gasteiger partial charge is 0.339 e. The molecule has 1 aromatic carbocycles. The van der Waals surface area contributed by atoms with Gasteiger partial charge in [0.05, 0.1) is 13.2 Å². The highest BCUT2D eigenvalue weighted by Crippen LogP contribution is 2.24. The van der Waals surface area contributed by atoms with Gasteiger partial charge in [0.25, 0.3) is 0 Å². The van der Waals surface area contributed by atoms with Crippen LogP contribution in [0.2, 0.25) is 0 Å². The molecule has 0 aliphatic rings. The van der Waals surface area contributed by atoms with Crippen molar-refractivity contribution in [3.8, 4) is 0 Å². The fourth-order valence-electron chi connectivity index (χ4n) is 1.32. The lowest BCUT2D eigenvalue weighted by Crippen LogP contribution is -2.23. The first kappa shape index (κ1) is 14.7. The summed E-state index contributed by atoms with van der Waals surface area (Å²) in [5.41, 5.74) is 0.777. The third-order valence-electron chi connectivity index (χ3n) is 2.15. The molecule has 0 fully saturated rings. The minimum absolute atomic E-state index is 0.0712. The zero-order valence-corrected chi connectivity index (χ0v) is 12.8. The normalized spacial score (nSPS) is 14.1. The number of halogens is 2. The van der Waals surface area contributed by atoms with E-state index in [1.165, 1.54) is 7.11 Å². The van der Waals surface area contributed by atoms with Gasteiger partial charge in [-0.2, -0.15) is 0 Å². The van der Waals surface area contributed by atoms with E-state index < -0.39 is 12.1 Å². The Hall–Kier alpha value is -0.390. The molecule has 2 unspecified atom stereocenters. The number of ether oxygens (including phenoxy) is 2. The Morgan fingerprint density at radius 2 is 2.18 bits per heavy atom. The first-order chi connectivity index (χ1) is 8.08. The number of benzene rings is 1. The van der Waals surface area contributed by atoms with E-state index in [4.69, 9.17) is 9.47 Å². The van der Waals surface area contributed by atoms with Crippen molar-refractivity contribution in [1.29, 1.82) is 0 Å². The van der Waals surface area contributed by atoms with Crippen LogP contribution in [-0.2, 0) is 14.3 Å². The zero-order chi connectivity index (χ0) is 12.8. The van der Waals surface area contributed by atoms with Gasteiger partial charge in [-0.25, -0.2) is 4.79 Å². The number of methoxy groups -OCH3 is 1. The Kier molecular flexibility index (Phi) is 6.16. The van der Waals surface area contributed by atoms with Crippen LogP contribution < -0.4 is 0 Å². The van der Waals surface area contributed by atoms with Crippen LogP contribution in [0.3, 0.4) is 0 Å². The van der Waals surface area contributed by atoms with Gasteiger partial charge in [0.1, 0.15) is 0 Å². The number of hydrogen-bond acceptors (Lipinski definition) is 3. The number of carbonyl (C=O) groups excluding carboxylic acids is 1. The monoisotopic (exact) mass is 364 g/mol. The van der Waals surface area contributed by atoms with Crippen molar-refractivity contribution in [2.45, 2.75) is 19.1 Å². The maximum Gasteiger partial charge on any atom is 0.339 e. The Morgan fingerprint density at radius 1 is 1.47 bits per heavy atom. The average Bonchev–Trinajstić information content (AvgIpc) is 2.34. The van der Waals surface area contributed by atoms with Crippen LogP contribution in [-0.4, -0.2) is 24.5 Å². The molecule has 1 aromatic rings. The van der Waals surface area contributed by atoms with Crippen molar-refractivity contribution >= 4 is 37.8 Å². The molecule has 0 N–H and O–H groups in total. The lowest BCUT2D eigenvalue weighted by Gasteiger charge is -2.19. The molecule has 0 aromatic heterocycles. The van der Waals surface area contributed by atoms with Crippen LogP contribution in [0.4, 0.5) is 0 Å². The fourth-order valence-corrected chi connectivity index (χ4v) is 1.89. The number of hydrogen-bond donors (Lipinski definition) is 0. The predicted molar refractivity (Wildman–Crippen MR) is 73.2 cm³/mol. The highest BCUT2D eigenvalue weighted by Gasteiger charge is 2.24. The molecule has 0 bridgehead atoms. The molecule has 0 radical (unpaired) electrons. The summed E-state index contributed by atoms with van der Waals surface area (Å²) < 4.78 is 11.3. The summed E-state index contributed by atoms with van der Waals surface area (Å²) in [6.07, 6.45) is -0.761. The van der Waals surface area contributed by atoms with Gasteiger partial charge in [-0.05, 0) is 24.6 Å². The van der Waals surface area contributed by atoms with Crippen LogP contribution in [0.1, 0.15) is 18.6 Å². The van der Waals surface area contributed by atoms with Crippen molar-refractivity contribution in [1.82, 2.24) is 0 Å². The molecule has 0 saturated carbocycles. The van der Waals surface area contributed by atoms with Crippen LogP contribution in [0.15, 0.2) is 28.7 Å². The lowest BCUT2D eigenvalue weighted by atomic mass is 10.1. The standard InChI is InChI=1S/C12H14Br2O3/c1-8(7-13)17-11(12(15)16-2)9-4-3-5-10(14)6-9/h3-6,8,11H,7H2,1-2H3. The summed E-state index contributed by atoms with van der Waals surface area (Å²) in [6.45, 7) is 1.89.